The van der Waals surface area contributed by atoms with Gasteiger partial charge in [0.25, 0.3) is 0 Å². The summed E-state index contributed by atoms with van der Waals surface area (Å²) in [7, 11) is 8.07. The number of carbonyl (C=O) groups excluding carboxylic acids is 1. The van der Waals surface area contributed by atoms with E-state index < -0.39 is 0 Å². The number of anilines is 4. The maximum Gasteiger partial charge on any atom is 0.339 e. The summed E-state index contributed by atoms with van der Waals surface area (Å²) in [5, 5.41) is 0. The number of ether oxygens (including phenoxy) is 1. The maximum absolute atomic E-state index is 12.6. The van der Waals surface area contributed by atoms with Crippen LogP contribution in [0.5, 0.6) is 0 Å². The number of nitrogens with zero attached hydrogens (tertiary/aromatic N) is 3. The number of carbonyl (C=O) groups is 1. The van der Waals surface area contributed by atoms with Crippen LogP contribution in [-0.2, 0) is 11.2 Å². The van der Waals surface area contributed by atoms with Crippen molar-refractivity contribution < 1.29 is 9.53 Å². The molecule has 5 rings (SSSR count). The van der Waals surface area contributed by atoms with Gasteiger partial charge in [-0.15, -0.1) is 0 Å². The summed E-state index contributed by atoms with van der Waals surface area (Å²) in [5.41, 5.74) is 8.48. The lowest BCUT2D eigenvalue weighted by Crippen LogP contribution is -2.19. The molecule has 0 radical (unpaired) electrons. The molecular weight excluding hydrogens is 386 g/mol. The zero-order valence-corrected chi connectivity index (χ0v) is 18.4. The fourth-order valence-corrected chi connectivity index (χ4v) is 4.60. The summed E-state index contributed by atoms with van der Waals surface area (Å²) in [6.45, 7) is 0.941. The van der Waals surface area contributed by atoms with Crippen molar-refractivity contribution in [3.8, 4) is 0 Å². The topological polar surface area (TPSA) is 36.0 Å². The molecule has 158 valence electrons. The molecule has 1 atom stereocenters. The molecule has 2 aliphatic rings. The minimum atomic E-state index is -0.383. The van der Waals surface area contributed by atoms with Gasteiger partial charge in [-0.1, -0.05) is 30.3 Å². The molecule has 0 spiro atoms. The van der Waals surface area contributed by atoms with Crippen LogP contribution in [0.2, 0.25) is 0 Å². The van der Waals surface area contributed by atoms with Crippen LogP contribution in [0.15, 0.2) is 60.7 Å². The number of benzene rings is 3. The van der Waals surface area contributed by atoms with Crippen LogP contribution < -0.4 is 14.7 Å². The molecule has 0 aliphatic carbocycles. The third-order valence-electron chi connectivity index (χ3n) is 6.24. The fraction of sp³-hybridized carbons (Fsp3) is 0.269. The number of esters is 1. The predicted molar refractivity (Wildman–Crippen MR) is 126 cm³/mol. The highest BCUT2D eigenvalue weighted by atomic mass is 16.5. The van der Waals surface area contributed by atoms with Crippen LogP contribution in [0, 0.1) is 0 Å². The smallest absolute Gasteiger partial charge is 0.339 e. The van der Waals surface area contributed by atoms with E-state index in [9.17, 15) is 4.79 Å². The molecule has 3 aromatic rings. The molecule has 0 saturated heterocycles. The van der Waals surface area contributed by atoms with Crippen LogP contribution in [-0.4, -0.2) is 40.7 Å². The van der Waals surface area contributed by atoms with E-state index in [1.54, 1.807) is 0 Å². The Morgan fingerprint density at radius 3 is 2.48 bits per heavy atom. The Morgan fingerprint density at radius 2 is 1.71 bits per heavy atom. The summed E-state index contributed by atoms with van der Waals surface area (Å²) in [6.07, 6.45) is 0.647. The molecule has 0 saturated carbocycles. The molecule has 1 unspecified atom stereocenters. The number of rotatable bonds is 4. The second kappa shape index (κ2) is 7.34. The predicted octanol–water partition coefficient (Wildman–Crippen LogP) is 4.77. The van der Waals surface area contributed by atoms with E-state index in [0.717, 1.165) is 41.2 Å². The highest BCUT2D eigenvalue weighted by Crippen LogP contribution is 2.43. The van der Waals surface area contributed by atoms with Gasteiger partial charge in [0.2, 0.25) is 0 Å². The van der Waals surface area contributed by atoms with E-state index in [4.69, 9.17) is 4.74 Å². The first-order chi connectivity index (χ1) is 14.9. The van der Waals surface area contributed by atoms with Crippen LogP contribution in [0.4, 0.5) is 22.7 Å². The standard InChI is InChI=1S/C26H27N3O2/c1-27(2)19-10-11-20-21(16-19)26(30)31-25(20)18-9-12-23(28(3)4)24(15-18)29-14-13-17-7-5-6-8-22(17)29/h5-12,15-16,25H,13-14H2,1-4H3. The van der Waals surface area contributed by atoms with Crippen molar-refractivity contribution in [2.45, 2.75) is 12.5 Å². The van der Waals surface area contributed by atoms with Gasteiger partial charge in [0, 0.05) is 51.7 Å². The number of cyclic esters (lactones) is 1. The van der Waals surface area contributed by atoms with E-state index in [-0.39, 0.29) is 12.1 Å². The first-order valence-corrected chi connectivity index (χ1v) is 10.6. The van der Waals surface area contributed by atoms with Crippen molar-refractivity contribution in [1.82, 2.24) is 0 Å². The molecule has 2 heterocycles. The molecule has 31 heavy (non-hydrogen) atoms. The molecule has 5 heteroatoms. The molecular formula is C26H27N3O2. The minimum absolute atomic E-state index is 0.256. The summed E-state index contributed by atoms with van der Waals surface area (Å²) < 4.78 is 5.85. The Kier molecular flexibility index (Phi) is 4.62. The second-order valence-electron chi connectivity index (χ2n) is 8.62. The maximum atomic E-state index is 12.6. The van der Waals surface area contributed by atoms with Crippen molar-refractivity contribution in [2.75, 3.05) is 49.4 Å². The average Bonchev–Trinajstić information content (AvgIpc) is 3.34. The van der Waals surface area contributed by atoms with Crippen LogP contribution >= 0.6 is 0 Å². The molecule has 0 amide bonds. The molecule has 2 aliphatic heterocycles. The van der Waals surface area contributed by atoms with Gasteiger partial charge in [0.05, 0.1) is 16.9 Å². The van der Waals surface area contributed by atoms with E-state index in [1.165, 1.54) is 11.3 Å². The number of fused-ring (bicyclic) bond motifs is 2. The molecule has 0 bridgehead atoms. The molecule has 3 aromatic carbocycles. The van der Waals surface area contributed by atoms with E-state index in [0.29, 0.717) is 5.56 Å². The van der Waals surface area contributed by atoms with Crippen molar-refractivity contribution in [3.05, 3.63) is 82.9 Å². The van der Waals surface area contributed by atoms with Gasteiger partial charge in [0.15, 0.2) is 6.10 Å². The molecule has 0 fully saturated rings. The number of hydrogen-bond donors (Lipinski definition) is 0. The molecule has 5 nitrogen and oxygen atoms in total. The van der Waals surface area contributed by atoms with Crippen LogP contribution in [0.1, 0.15) is 33.2 Å². The zero-order valence-electron chi connectivity index (χ0n) is 18.4. The van der Waals surface area contributed by atoms with Gasteiger partial charge < -0.3 is 19.4 Å². The Bertz CT molecular complexity index is 1170. The Morgan fingerprint density at radius 1 is 0.903 bits per heavy atom. The van der Waals surface area contributed by atoms with Crippen molar-refractivity contribution in [2.24, 2.45) is 0 Å². The monoisotopic (exact) mass is 413 g/mol. The summed E-state index contributed by atoms with van der Waals surface area (Å²) >= 11 is 0. The normalized spacial score (nSPS) is 16.7. The highest BCUT2D eigenvalue weighted by molar-refractivity contribution is 5.96. The van der Waals surface area contributed by atoms with Gasteiger partial charge in [-0.05, 0) is 47.9 Å². The zero-order chi connectivity index (χ0) is 21.7. The lowest BCUT2D eigenvalue weighted by Gasteiger charge is -2.27. The quantitative estimate of drug-likeness (QED) is 0.576. The van der Waals surface area contributed by atoms with Crippen molar-refractivity contribution in [3.63, 3.8) is 0 Å². The lowest BCUT2D eigenvalue weighted by atomic mass is 9.97. The highest BCUT2D eigenvalue weighted by Gasteiger charge is 2.34. The summed E-state index contributed by atoms with van der Waals surface area (Å²) in [4.78, 5) is 19.2. The van der Waals surface area contributed by atoms with E-state index >= 15 is 0 Å². The van der Waals surface area contributed by atoms with Gasteiger partial charge in [-0.25, -0.2) is 4.79 Å². The van der Waals surface area contributed by atoms with Gasteiger partial charge >= 0.3 is 5.97 Å². The Balaban J connectivity index is 1.59. The first kappa shape index (κ1) is 19.5. The third kappa shape index (κ3) is 3.21. The van der Waals surface area contributed by atoms with Crippen LogP contribution in [0.3, 0.4) is 0 Å². The van der Waals surface area contributed by atoms with Gasteiger partial charge in [-0.3, -0.25) is 0 Å². The molecule has 0 aromatic heterocycles. The fourth-order valence-electron chi connectivity index (χ4n) is 4.60. The lowest BCUT2D eigenvalue weighted by molar-refractivity contribution is 0.0456. The summed E-state index contributed by atoms with van der Waals surface area (Å²) in [6, 6.07) is 20.9. The van der Waals surface area contributed by atoms with E-state index in [2.05, 4.69) is 66.4 Å². The first-order valence-electron chi connectivity index (χ1n) is 10.6. The largest absolute Gasteiger partial charge is 0.449 e. The average molecular weight is 414 g/mol. The Labute approximate surface area is 183 Å². The van der Waals surface area contributed by atoms with Crippen LogP contribution in [0.25, 0.3) is 0 Å². The number of para-hydroxylation sites is 1. The minimum Gasteiger partial charge on any atom is -0.449 e. The third-order valence-corrected chi connectivity index (χ3v) is 6.24. The molecule has 0 N–H and O–H groups in total. The van der Waals surface area contributed by atoms with Crippen molar-refractivity contribution >= 4 is 28.7 Å². The Hall–Kier alpha value is -3.47. The summed E-state index contributed by atoms with van der Waals surface area (Å²) in [5.74, 6) is -0.256. The van der Waals surface area contributed by atoms with E-state index in [1.807, 2.05) is 37.2 Å². The second-order valence-corrected chi connectivity index (χ2v) is 8.62. The van der Waals surface area contributed by atoms with Gasteiger partial charge in [0.1, 0.15) is 0 Å². The number of hydrogen-bond acceptors (Lipinski definition) is 5. The van der Waals surface area contributed by atoms with Gasteiger partial charge in [-0.2, -0.15) is 0 Å². The SMILES string of the molecule is CN(C)c1ccc2c(c1)C(=O)OC2c1ccc(N(C)C)c(N2CCc3ccccc32)c1. The van der Waals surface area contributed by atoms with Crippen molar-refractivity contribution in [1.29, 1.82) is 0 Å².